The van der Waals surface area contributed by atoms with Crippen LogP contribution in [0.15, 0.2) is 47.4 Å². The fraction of sp³-hybridized carbons (Fsp3) is 0.154. The van der Waals surface area contributed by atoms with Gasteiger partial charge in [-0.05, 0) is 31.4 Å². The normalized spacial score (nSPS) is 17.9. The van der Waals surface area contributed by atoms with Gasteiger partial charge in [0.2, 0.25) is 0 Å². The summed E-state index contributed by atoms with van der Waals surface area (Å²) in [6.45, 7) is -4.53. The van der Waals surface area contributed by atoms with Crippen LogP contribution in [0.1, 0.15) is 19.4 Å². The van der Waals surface area contributed by atoms with Crippen LogP contribution in [0, 0.1) is 13.7 Å². The van der Waals surface area contributed by atoms with Crippen LogP contribution in [-0.4, -0.2) is 4.57 Å². The molecule has 0 aliphatic heterocycles. The van der Waals surface area contributed by atoms with Gasteiger partial charge in [0.25, 0.3) is 5.56 Å². The molecule has 1 aromatic carbocycles. The number of hydrogen-bond donors (Lipinski definition) is 0. The molecule has 0 aliphatic rings. The predicted octanol–water partition coefficient (Wildman–Crippen LogP) is 2.45. The number of aromatic nitrogens is 1. The molecule has 2 rings (SSSR count). The van der Waals surface area contributed by atoms with E-state index in [-0.39, 0.29) is 16.7 Å². The lowest BCUT2D eigenvalue weighted by Crippen LogP contribution is -2.16. The van der Waals surface area contributed by atoms with E-state index in [4.69, 9.17) is 8.22 Å². The van der Waals surface area contributed by atoms with Crippen LogP contribution >= 0.6 is 0 Å². The van der Waals surface area contributed by atoms with Gasteiger partial charge in [-0.25, -0.2) is 0 Å². The first kappa shape index (κ1) is 4.79. The molecule has 0 spiro atoms. The first-order valence-electron chi connectivity index (χ1n) is 7.43. The lowest BCUT2D eigenvalue weighted by molar-refractivity contribution is 0.975. The second kappa shape index (κ2) is 3.73. The molecule has 0 amide bonds. The van der Waals surface area contributed by atoms with E-state index >= 15 is 0 Å². The van der Waals surface area contributed by atoms with Crippen molar-refractivity contribution >= 4 is 0 Å². The minimum Gasteiger partial charge on any atom is -0.284 e. The molecule has 2 heteroatoms. The second-order valence-corrected chi connectivity index (χ2v) is 3.17. The maximum Gasteiger partial charge on any atom is 0.255 e. The maximum atomic E-state index is 11.8. The molecular weight excluding hydrogens is 186 g/mol. The smallest absolute Gasteiger partial charge is 0.255 e. The molecule has 0 unspecified atom stereocenters. The minimum atomic E-state index is -2.31. The number of pyridine rings is 1. The monoisotopic (exact) mass is 205 g/mol. The van der Waals surface area contributed by atoms with Crippen LogP contribution in [0.4, 0.5) is 0 Å². The summed E-state index contributed by atoms with van der Waals surface area (Å²) in [6, 6.07) is 8.20. The highest BCUT2D eigenvalue weighted by atomic mass is 16.1. The Morgan fingerprint density at radius 3 is 2.33 bits per heavy atom. The Morgan fingerprint density at radius 1 is 1.00 bits per heavy atom. The zero-order valence-electron chi connectivity index (χ0n) is 13.9. The summed E-state index contributed by atoms with van der Waals surface area (Å²) in [6.07, 6.45) is 1.25. The van der Waals surface area contributed by atoms with Crippen molar-refractivity contribution in [3.63, 3.8) is 0 Å². The van der Waals surface area contributed by atoms with Crippen LogP contribution in [0.2, 0.25) is 0 Å². The van der Waals surface area contributed by atoms with E-state index in [1.807, 2.05) is 0 Å². The molecule has 0 aliphatic carbocycles. The van der Waals surface area contributed by atoms with E-state index in [0.717, 1.165) is 0 Å². The van der Waals surface area contributed by atoms with E-state index in [2.05, 4.69) is 0 Å². The van der Waals surface area contributed by atoms with E-state index in [9.17, 15) is 4.79 Å². The largest absolute Gasteiger partial charge is 0.284 e. The number of nitrogens with zero attached hydrogens (tertiary/aromatic N) is 1. The summed E-state index contributed by atoms with van der Waals surface area (Å²) < 4.78 is 45.2. The third kappa shape index (κ3) is 1.99. The van der Waals surface area contributed by atoms with E-state index in [1.54, 1.807) is 0 Å². The van der Waals surface area contributed by atoms with Crippen molar-refractivity contribution in [3.8, 4) is 5.69 Å². The number of hydrogen-bond acceptors (Lipinski definition) is 1. The Labute approximate surface area is 97.2 Å². The van der Waals surface area contributed by atoms with Crippen LogP contribution in [-0.2, 0) is 0 Å². The Hall–Kier alpha value is -1.83. The van der Waals surface area contributed by atoms with Crippen LogP contribution in [0.5, 0.6) is 0 Å². The standard InChI is InChI=1S/C13H13NO/c1-10-3-6-12(7-4-10)14-9-11(2)5-8-13(14)15/h3-9H,1-2H3/i1D3,2D3. The molecule has 2 aromatic rings. The van der Waals surface area contributed by atoms with Gasteiger partial charge in [0.05, 0.1) is 0 Å². The van der Waals surface area contributed by atoms with Crippen molar-refractivity contribution in [2.45, 2.75) is 13.7 Å². The van der Waals surface area contributed by atoms with Crippen molar-refractivity contribution in [2.24, 2.45) is 0 Å². The molecule has 1 aromatic heterocycles. The molecule has 0 bridgehead atoms. The second-order valence-electron chi connectivity index (χ2n) is 3.17. The highest BCUT2D eigenvalue weighted by Gasteiger charge is 1.98. The van der Waals surface area contributed by atoms with Gasteiger partial charge < -0.3 is 0 Å². The molecular formula is C13H13NO. The van der Waals surface area contributed by atoms with Crippen molar-refractivity contribution in [1.82, 2.24) is 4.57 Å². The Kier molecular flexibility index (Phi) is 1.19. The lowest BCUT2D eigenvalue weighted by Gasteiger charge is -2.06. The molecule has 2 nitrogen and oxygen atoms in total. The van der Waals surface area contributed by atoms with Gasteiger partial charge in [0.1, 0.15) is 0 Å². The molecule has 0 saturated carbocycles. The summed E-state index contributed by atoms with van der Waals surface area (Å²) >= 11 is 0. The van der Waals surface area contributed by atoms with Crippen molar-refractivity contribution in [1.29, 1.82) is 0 Å². The Balaban J connectivity index is 2.49. The number of aryl methyl sites for hydroxylation is 2. The predicted molar refractivity (Wildman–Crippen MR) is 61.5 cm³/mol. The van der Waals surface area contributed by atoms with E-state index in [1.165, 1.54) is 47.2 Å². The summed E-state index contributed by atoms with van der Waals surface area (Å²) in [5.74, 6) is 0. The highest BCUT2D eigenvalue weighted by Crippen LogP contribution is 2.07. The molecule has 15 heavy (non-hydrogen) atoms. The SMILES string of the molecule is [2H]C([2H])([2H])c1ccc(-n2cc(C([2H])([2H])[2H])ccc2=O)cc1. The highest BCUT2D eigenvalue weighted by molar-refractivity contribution is 5.35. The first-order chi connectivity index (χ1) is 9.59. The van der Waals surface area contributed by atoms with Gasteiger partial charge >= 0.3 is 0 Å². The summed E-state index contributed by atoms with van der Waals surface area (Å²) in [4.78, 5) is 11.8. The summed E-state index contributed by atoms with van der Waals surface area (Å²) in [7, 11) is 0. The van der Waals surface area contributed by atoms with Gasteiger partial charge in [-0.1, -0.05) is 23.8 Å². The van der Waals surface area contributed by atoms with Gasteiger partial charge in [-0.15, -0.1) is 0 Å². The molecule has 1 heterocycles. The molecule has 0 radical (unpaired) electrons. The van der Waals surface area contributed by atoms with Gasteiger partial charge in [0, 0.05) is 26.2 Å². The van der Waals surface area contributed by atoms with Crippen molar-refractivity contribution in [3.05, 3.63) is 64.1 Å². The zero-order chi connectivity index (χ0) is 15.8. The Morgan fingerprint density at radius 2 is 1.67 bits per heavy atom. The summed E-state index contributed by atoms with van der Waals surface area (Å²) in [5, 5.41) is 0. The fourth-order valence-electron chi connectivity index (χ4n) is 1.31. The van der Waals surface area contributed by atoms with Crippen LogP contribution in [0.3, 0.4) is 0 Å². The maximum absolute atomic E-state index is 11.8. The number of benzene rings is 1. The zero-order valence-corrected chi connectivity index (χ0v) is 7.90. The molecule has 0 N–H and O–H groups in total. The summed E-state index contributed by atoms with van der Waals surface area (Å²) in [5.41, 5.74) is 0.233. The van der Waals surface area contributed by atoms with Crippen molar-refractivity contribution in [2.75, 3.05) is 0 Å². The van der Waals surface area contributed by atoms with Crippen LogP contribution in [0.25, 0.3) is 5.69 Å². The lowest BCUT2D eigenvalue weighted by atomic mass is 10.2. The molecule has 0 atom stereocenters. The van der Waals surface area contributed by atoms with E-state index in [0.29, 0.717) is 5.69 Å². The average molecular weight is 205 g/mol. The van der Waals surface area contributed by atoms with Gasteiger partial charge in [-0.2, -0.15) is 0 Å². The number of rotatable bonds is 1. The quantitative estimate of drug-likeness (QED) is 0.701. The van der Waals surface area contributed by atoms with Crippen molar-refractivity contribution < 1.29 is 8.22 Å². The minimum absolute atomic E-state index is 0.0435. The average Bonchev–Trinajstić information content (AvgIpc) is 2.37. The van der Waals surface area contributed by atoms with Gasteiger partial charge in [-0.3, -0.25) is 9.36 Å². The first-order valence-corrected chi connectivity index (χ1v) is 4.43. The Bertz CT molecular complexity index is 696. The topological polar surface area (TPSA) is 22.0 Å². The third-order valence-corrected chi connectivity index (χ3v) is 2.06. The van der Waals surface area contributed by atoms with Crippen LogP contribution < -0.4 is 5.56 Å². The van der Waals surface area contributed by atoms with E-state index < -0.39 is 13.7 Å². The molecule has 76 valence electrons. The van der Waals surface area contributed by atoms with Gasteiger partial charge in [0.15, 0.2) is 0 Å². The third-order valence-electron chi connectivity index (χ3n) is 2.06. The molecule has 0 saturated heterocycles. The molecule has 0 fully saturated rings. The fourth-order valence-corrected chi connectivity index (χ4v) is 1.31.